The molecule has 0 unspecified atom stereocenters. The Balaban J connectivity index is 1.49. The zero-order valence-electron chi connectivity index (χ0n) is 18.3. The molecule has 0 aliphatic carbocycles. The number of hydrogen-bond acceptors (Lipinski definition) is 2. The number of fused-ring (bicyclic) bond motifs is 3. The monoisotopic (exact) mass is 415 g/mol. The van der Waals surface area contributed by atoms with Gasteiger partial charge in [-0.2, -0.15) is 5.10 Å². The third kappa shape index (κ3) is 3.81. The van der Waals surface area contributed by atoms with Gasteiger partial charge in [0.15, 0.2) is 0 Å². The highest BCUT2D eigenvalue weighted by Crippen LogP contribution is 2.29. The Bertz CT molecular complexity index is 1390. The van der Waals surface area contributed by atoms with Crippen LogP contribution in [0.15, 0.2) is 114 Å². The number of hydrazone groups is 1. The molecular formula is C29H25N3. The van der Waals surface area contributed by atoms with Gasteiger partial charge in [-0.3, -0.25) is 0 Å². The fourth-order valence-corrected chi connectivity index (χ4v) is 4.10. The van der Waals surface area contributed by atoms with E-state index in [1.807, 2.05) is 48.3 Å². The van der Waals surface area contributed by atoms with Crippen molar-refractivity contribution in [1.29, 1.82) is 0 Å². The van der Waals surface area contributed by atoms with Crippen LogP contribution in [0.2, 0.25) is 0 Å². The molecule has 0 N–H and O–H groups in total. The van der Waals surface area contributed by atoms with Gasteiger partial charge in [0.1, 0.15) is 0 Å². The first-order valence-electron chi connectivity index (χ1n) is 10.8. The minimum absolute atomic E-state index is 0.927. The Morgan fingerprint density at radius 2 is 1.31 bits per heavy atom. The van der Waals surface area contributed by atoms with Crippen LogP contribution in [0.1, 0.15) is 12.5 Å². The molecule has 4 aromatic carbocycles. The van der Waals surface area contributed by atoms with E-state index in [9.17, 15) is 0 Å². The Labute approximate surface area is 188 Å². The Kier molecular flexibility index (Phi) is 5.30. The molecule has 32 heavy (non-hydrogen) atoms. The normalized spacial score (nSPS) is 12.1. The number of hydrogen-bond donors (Lipinski definition) is 0. The van der Waals surface area contributed by atoms with Crippen molar-refractivity contribution >= 4 is 45.0 Å². The van der Waals surface area contributed by atoms with Gasteiger partial charge in [-0.15, -0.1) is 0 Å². The van der Waals surface area contributed by atoms with Crippen LogP contribution in [0, 0.1) is 0 Å². The highest BCUT2D eigenvalue weighted by atomic mass is 15.5. The Morgan fingerprint density at radius 1 is 0.719 bits per heavy atom. The maximum Gasteiger partial charge on any atom is 0.0652 e. The van der Waals surface area contributed by atoms with Crippen molar-refractivity contribution in [2.24, 2.45) is 12.1 Å². The molecule has 1 heterocycles. The molecule has 0 bridgehead atoms. The number of rotatable bonds is 5. The Morgan fingerprint density at radius 3 is 2.00 bits per heavy atom. The lowest BCUT2D eigenvalue weighted by Crippen LogP contribution is -2.11. The highest BCUT2D eigenvalue weighted by molar-refractivity contribution is 6.08. The van der Waals surface area contributed by atoms with Crippen molar-refractivity contribution in [3.05, 3.63) is 115 Å². The standard InChI is InChI=1S/C29H25N3/c1-22(30-32(24-11-5-3-6-12-24)25-13-7-4-8-14-25)17-18-23-19-20-29-27(21-23)26-15-9-10-16-28(26)31(29)2/h3-21H,1-2H3/b18-17-,30-22+. The molecular weight excluding hydrogens is 390 g/mol. The van der Waals surface area contributed by atoms with Crippen molar-refractivity contribution in [2.45, 2.75) is 6.92 Å². The second-order valence-corrected chi connectivity index (χ2v) is 7.91. The van der Waals surface area contributed by atoms with Crippen LogP contribution < -0.4 is 5.01 Å². The summed E-state index contributed by atoms with van der Waals surface area (Å²) in [5.41, 5.74) is 6.65. The first kappa shape index (κ1) is 19.8. The molecule has 0 saturated carbocycles. The van der Waals surface area contributed by atoms with E-state index in [-0.39, 0.29) is 0 Å². The van der Waals surface area contributed by atoms with Crippen molar-refractivity contribution < 1.29 is 0 Å². The number of benzene rings is 4. The van der Waals surface area contributed by atoms with E-state index in [2.05, 4.69) is 90.5 Å². The van der Waals surface area contributed by atoms with Crippen LogP contribution in [0.5, 0.6) is 0 Å². The quantitative estimate of drug-likeness (QED) is 0.214. The van der Waals surface area contributed by atoms with Crippen LogP contribution in [0.3, 0.4) is 0 Å². The van der Waals surface area contributed by atoms with Gasteiger partial charge in [0.25, 0.3) is 0 Å². The summed E-state index contributed by atoms with van der Waals surface area (Å²) in [6, 6.07) is 35.6. The highest BCUT2D eigenvalue weighted by Gasteiger charge is 2.09. The summed E-state index contributed by atoms with van der Waals surface area (Å²) in [4.78, 5) is 0. The fourth-order valence-electron chi connectivity index (χ4n) is 4.10. The first-order valence-corrected chi connectivity index (χ1v) is 10.8. The van der Waals surface area contributed by atoms with Gasteiger partial charge in [0.05, 0.1) is 17.1 Å². The minimum atomic E-state index is 0.927. The number of nitrogens with zero attached hydrogens (tertiary/aromatic N) is 3. The summed E-state index contributed by atoms with van der Waals surface area (Å²) in [6.07, 6.45) is 4.21. The largest absolute Gasteiger partial charge is 0.344 e. The fraction of sp³-hybridized carbons (Fsp3) is 0.0690. The molecule has 5 aromatic rings. The molecule has 3 nitrogen and oxygen atoms in total. The molecule has 0 aliphatic rings. The third-order valence-electron chi connectivity index (χ3n) is 5.71. The van der Waals surface area contributed by atoms with Crippen molar-refractivity contribution in [3.63, 3.8) is 0 Å². The maximum absolute atomic E-state index is 4.91. The summed E-state index contributed by atoms with van der Waals surface area (Å²) < 4.78 is 2.25. The zero-order chi connectivity index (χ0) is 21.9. The van der Waals surface area contributed by atoms with Crippen molar-refractivity contribution in [3.8, 4) is 0 Å². The molecule has 0 saturated heterocycles. The van der Waals surface area contributed by atoms with Crippen molar-refractivity contribution in [1.82, 2.24) is 4.57 Å². The lowest BCUT2D eigenvalue weighted by Gasteiger charge is -2.20. The molecule has 5 rings (SSSR count). The predicted molar refractivity (Wildman–Crippen MR) is 138 cm³/mol. The average molecular weight is 416 g/mol. The molecule has 0 amide bonds. The van der Waals surface area contributed by atoms with Crippen LogP contribution in [-0.4, -0.2) is 10.3 Å². The van der Waals surface area contributed by atoms with Crippen LogP contribution >= 0.6 is 0 Å². The summed E-state index contributed by atoms with van der Waals surface area (Å²) in [5, 5.41) is 9.44. The smallest absolute Gasteiger partial charge is 0.0652 e. The van der Waals surface area contributed by atoms with E-state index in [4.69, 9.17) is 5.10 Å². The van der Waals surface area contributed by atoms with Gasteiger partial charge in [-0.1, -0.05) is 66.7 Å². The summed E-state index contributed by atoms with van der Waals surface area (Å²) in [5.74, 6) is 0. The third-order valence-corrected chi connectivity index (χ3v) is 5.71. The van der Waals surface area contributed by atoms with Crippen LogP contribution in [0.25, 0.3) is 27.9 Å². The molecule has 0 atom stereocenters. The number of anilines is 2. The van der Waals surface area contributed by atoms with Gasteiger partial charge in [0, 0.05) is 28.9 Å². The average Bonchev–Trinajstić information content (AvgIpc) is 3.14. The number of aryl methyl sites for hydroxylation is 1. The van der Waals surface area contributed by atoms with Gasteiger partial charge < -0.3 is 4.57 Å². The summed E-state index contributed by atoms with van der Waals surface area (Å²) in [6.45, 7) is 2.03. The van der Waals surface area contributed by atoms with Crippen molar-refractivity contribution in [2.75, 3.05) is 5.01 Å². The number of para-hydroxylation sites is 3. The molecule has 0 radical (unpaired) electrons. The second-order valence-electron chi connectivity index (χ2n) is 7.91. The van der Waals surface area contributed by atoms with Gasteiger partial charge in [-0.05, 0) is 61.0 Å². The number of aromatic nitrogens is 1. The lowest BCUT2D eigenvalue weighted by atomic mass is 10.1. The molecule has 0 fully saturated rings. The second kappa shape index (κ2) is 8.56. The van der Waals surface area contributed by atoms with E-state index >= 15 is 0 Å². The zero-order valence-corrected chi connectivity index (χ0v) is 18.3. The first-order chi connectivity index (χ1) is 15.7. The predicted octanol–water partition coefficient (Wildman–Crippen LogP) is 7.56. The van der Waals surface area contributed by atoms with Gasteiger partial charge in [0.2, 0.25) is 0 Å². The topological polar surface area (TPSA) is 20.5 Å². The van der Waals surface area contributed by atoms with Crippen LogP contribution in [0.4, 0.5) is 11.4 Å². The van der Waals surface area contributed by atoms with Gasteiger partial charge >= 0.3 is 0 Å². The molecule has 0 aliphatic heterocycles. The summed E-state index contributed by atoms with van der Waals surface area (Å²) >= 11 is 0. The molecule has 156 valence electrons. The number of allylic oxidation sites excluding steroid dienone is 1. The molecule has 0 spiro atoms. The molecule has 3 heteroatoms. The Hall–Kier alpha value is -4.11. The van der Waals surface area contributed by atoms with E-state index in [1.165, 1.54) is 21.8 Å². The van der Waals surface area contributed by atoms with Crippen LogP contribution in [-0.2, 0) is 7.05 Å². The minimum Gasteiger partial charge on any atom is -0.344 e. The van der Waals surface area contributed by atoms with E-state index < -0.39 is 0 Å². The summed E-state index contributed by atoms with van der Waals surface area (Å²) in [7, 11) is 2.12. The molecule has 1 aromatic heterocycles. The SMILES string of the molecule is CC(/C=C\c1ccc2c(c1)c1ccccc1n2C)=N\N(c1ccccc1)c1ccccc1. The van der Waals surface area contributed by atoms with E-state index in [0.717, 1.165) is 22.6 Å². The lowest BCUT2D eigenvalue weighted by molar-refractivity contribution is 1.01. The maximum atomic E-state index is 4.91. The van der Waals surface area contributed by atoms with E-state index in [1.54, 1.807) is 0 Å². The van der Waals surface area contributed by atoms with Gasteiger partial charge in [-0.25, -0.2) is 5.01 Å². The van der Waals surface area contributed by atoms with E-state index in [0.29, 0.717) is 0 Å².